The third-order valence-corrected chi connectivity index (χ3v) is 6.20. The largest absolute Gasteiger partial charge is 0.376 e. The highest BCUT2D eigenvalue weighted by atomic mass is 79.9. The monoisotopic (exact) mass is 350 g/mol. The number of nitrogens with zero attached hydrogens (tertiary/aromatic N) is 1. The van der Waals surface area contributed by atoms with Crippen molar-refractivity contribution in [3.8, 4) is 0 Å². The Hall–Kier alpha value is -1.10. The number of nitro benzene ring substituents is 1. The molecule has 4 aliphatic carbocycles. The average molecular weight is 351 g/mol. The predicted octanol–water partition coefficient (Wildman–Crippen LogP) is 4.59. The highest BCUT2D eigenvalue weighted by Gasteiger charge is 2.48. The van der Waals surface area contributed by atoms with Crippen LogP contribution in [0.3, 0.4) is 0 Å². The first-order valence-electron chi connectivity index (χ1n) is 7.80. The molecule has 21 heavy (non-hydrogen) atoms. The van der Waals surface area contributed by atoms with E-state index in [0.717, 1.165) is 16.3 Å². The summed E-state index contributed by atoms with van der Waals surface area (Å²) in [6, 6.07) is 5.74. The van der Waals surface area contributed by atoms with Crippen LogP contribution in [0.4, 0.5) is 11.4 Å². The van der Waals surface area contributed by atoms with Crippen LogP contribution in [-0.4, -0.2) is 11.0 Å². The van der Waals surface area contributed by atoms with Gasteiger partial charge in [0, 0.05) is 16.6 Å². The van der Waals surface area contributed by atoms with Gasteiger partial charge in [0.25, 0.3) is 5.69 Å². The first-order valence-corrected chi connectivity index (χ1v) is 8.60. The Bertz CT molecular complexity index is 562. The van der Waals surface area contributed by atoms with Crippen molar-refractivity contribution in [3.05, 3.63) is 32.8 Å². The lowest BCUT2D eigenvalue weighted by Crippen LogP contribution is -2.51. The second kappa shape index (κ2) is 4.97. The van der Waals surface area contributed by atoms with Crippen molar-refractivity contribution >= 4 is 27.3 Å². The highest BCUT2D eigenvalue weighted by molar-refractivity contribution is 9.10. The lowest BCUT2D eigenvalue weighted by molar-refractivity contribution is -0.384. The quantitative estimate of drug-likeness (QED) is 0.640. The molecule has 0 heterocycles. The summed E-state index contributed by atoms with van der Waals surface area (Å²) in [5, 5.41) is 14.8. The molecule has 4 fully saturated rings. The molecular weight excluding hydrogens is 332 g/mol. The van der Waals surface area contributed by atoms with Gasteiger partial charge in [0.15, 0.2) is 0 Å². The normalized spacial score (nSPS) is 36.7. The zero-order valence-corrected chi connectivity index (χ0v) is 13.4. The maximum Gasteiger partial charge on any atom is 0.293 e. The minimum absolute atomic E-state index is 0.179. The van der Waals surface area contributed by atoms with Crippen LogP contribution < -0.4 is 5.32 Å². The molecule has 0 amide bonds. The first-order chi connectivity index (χ1) is 10.1. The molecule has 0 spiro atoms. The molecular formula is C16H19BrN2O2. The van der Waals surface area contributed by atoms with E-state index in [1.54, 1.807) is 6.07 Å². The van der Waals surface area contributed by atoms with Gasteiger partial charge in [-0.3, -0.25) is 10.1 Å². The van der Waals surface area contributed by atoms with Crippen molar-refractivity contribution in [1.29, 1.82) is 0 Å². The molecule has 4 saturated carbocycles. The number of nitro groups is 1. The minimum atomic E-state index is -0.289. The molecule has 0 aromatic heterocycles. The number of rotatable bonds is 3. The lowest BCUT2D eigenvalue weighted by atomic mass is 9.54. The van der Waals surface area contributed by atoms with E-state index in [1.165, 1.54) is 32.1 Å². The average Bonchev–Trinajstić information content (AvgIpc) is 2.43. The van der Waals surface area contributed by atoms with E-state index in [2.05, 4.69) is 21.2 Å². The Kier molecular flexibility index (Phi) is 3.21. The molecule has 112 valence electrons. The molecule has 1 aromatic carbocycles. The molecule has 5 rings (SSSR count). The number of hydrogen-bond acceptors (Lipinski definition) is 3. The zero-order valence-electron chi connectivity index (χ0n) is 11.8. The van der Waals surface area contributed by atoms with Crippen LogP contribution in [0.2, 0.25) is 0 Å². The van der Waals surface area contributed by atoms with Crippen LogP contribution in [0, 0.1) is 33.8 Å². The van der Waals surface area contributed by atoms with Gasteiger partial charge in [-0.15, -0.1) is 0 Å². The standard InChI is InChI=1S/C16H19BrN2O2/c17-13-1-2-14(15(8-13)19(20)21)18-16-11-4-9-3-10(6-11)7-12(16)5-9/h1-2,8-12,16,18H,3-7H2. The molecule has 0 radical (unpaired) electrons. The maximum absolute atomic E-state index is 11.3. The van der Waals surface area contributed by atoms with Crippen LogP contribution in [0.25, 0.3) is 0 Å². The van der Waals surface area contributed by atoms with Crippen molar-refractivity contribution in [2.45, 2.75) is 38.1 Å². The molecule has 1 aromatic rings. The van der Waals surface area contributed by atoms with Gasteiger partial charge in [-0.05, 0) is 67.9 Å². The number of benzene rings is 1. The molecule has 4 bridgehead atoms. The van der Waals surface area contributed by atoms with Crippen molar-refractivity contribution in [3.63, 3.8) is 0 Å². The smallest absolute Gasteiger partial charge is 0.293 e. The molecule has 0 aliphatic heterocycles. The lowest BCUT2D eigenvalue weighted by Gasteiger charge is -2.54. The summed E-state index contributed by atoms with van der Waals surface area (Å²) in [5.74, 6) is 3.27. The summed E-state index contributed by atoms with van der Waals surface area (Å²) < 4.78 is 0.754. The van der Waals surface area contributed by atoms with Crippen LogP contribution in [0.15, 0.2) is 22.7 Å². The van der Waals surface area contributed by atoms with E-state index in [1.807, 2.05) is 12.1 Å². The summed E-state index contributed by atoms with van der Waals surface area (Å²) in [6.07, 6.45) is 6.69. The Balaban J connectivity index is 1.60. The van der Waals surface area contributed by atoms with E-state index < -0.39 is 0 Å². The van der Waals surface area contributed by atoms with Crippen LogP contribution >= 0.6 is 15.9 Å². The Morgan fingerprint density at radius 1 is 1.10 bits per heavy atom. The van der Waals surface area contributed by atoms with Gasteiger partial charge in [-0.25, -0.2) is 0 Å². The third kappa shape index (κ3) is 2.35. The van der Waals surface area contributed by atoms with E-state index in [0.29, 0.717) is 23.6 Å². The van der Waals surface area contributed by atoms with Gasteiger partial charge >= 0.3 is 0 Å². The molecule has 4 aliphatic rings. The number of hydrogen-bond donors (Lipinski definition) is 1. The van der Waals surface area contributed by atoms with E-state index >= 15 is 0 Å². The number of nitrogens with one attached hydrogen (secondary N) is 1. The van der Waals surface area contributed by atoms with Gasteiger partial charge in [-0.1, -0.05) is 15.9 Å². The summed E-state index contributed by atoms with van der Waals surface area (Å²) >= 11 is 3.32. The van der Waals surface area contributed by atoms with Gasteiger partial charge < -0.3 is 5.32 Å². The zero-order chi connectivity index (χ0) is 14.6. The van der Waals surface area contributed by atoms with Crippen LogP contribution in [0.1, 0.15) is 32.1 Å². The number of anilines is 1. The van der Waals surface area contributed by atoms with Gasteiger partial charge in [-0.2, -0.15) is 0 Å². The van der Waals surface area contributed by atoms with Crippen molar-refractivity contribution in [1.82, 2.24) is 0 Å². The highest BCUT2D eigenvalue weighted by Crippen LogP contribution is 2.54. The summed E-state index contributed by atoms with van der Waals surface area (Å²) in [4.78, 5) is 11.0. The molecule has 0 atom stereocenters. The first kappa shape index (κ1) is 13.6. The fourth-order valence-corrected chi connectivity index (χ4v) is 5.47. The summed E-state index contributed by atoms with van der Waals surface area (Å²) in [5.41, 5.74) is 0.860. The van der Waals surface area contributed by atoms with Crippen LogP contribution in [-0.2, 0) is 0 Å². The fourth-order valence-electron chi connectivity index (χ4n) is 5.12. The Morgan fingerprint density at radius 3 is 2.29 bits per heavy atom. The maximum atomic E-state index is 11.3. The summed E-state index contributed by atoms with van der Waals surface area (Å²) in [7, 11) is 0. The molecule has 1 N–H and O–H groups in total. The summed E-state index contributed by atoms with van der Waals surface area (Å²) in [6.45, 7) is 0. The third-order valence-electron chi connectivity index (χ3n) is 5.71. The van der Waals surface area contributed by atoms with Crippen molar-refractivity contribution in [2.75, 3.05) is 5.32 Å². The molecule has 0 unspecified atom stereocenters. The molecule has 4 nitrogen and oxygen atoms in total. The Morgan fingerprint density at radius 2 is 1.71 bits per heavy atom. The predicted molar refractivity (Wildman–Crippen MR) is 85.3 cm³/mol. The fraction of sp³-hybridized carbons (Fsp3) is 0.625. The van der Waals surface area contributed by atoms with Gasteiger partial charge in [0.1, 0.15) is 5.69 Å². The Labute approximate surface area is 132 Å². The second-order valence-electron chi connectivity index (χ2n) is 7.02. The van der Waals surface area contributed by atoms with Gasteiger partial charge in [0.2, 0.25) is 0 Å². The minimum Gasteiger partial charge on any atom is -0.376 e. The molecule has 0 saturated heterocycles. The van der Waals surface area contributed by atoms with Crippen molar-refractivity contribution < 1.29 is 4.92 Å². The molecule has 5 heteroatoms. The second-order valence-corrected chi connectivity index (χ2v) is 7.94. The van der Waals surface area contributed by atoms with E-state index in [9.17, 15) is 10.1 Å². The topological polar surface area (TPSA) is 55.2 Å². The van der Waals surface area contributed by atoms with Gasteiger partial charge in [0.05, 0.1) is 4.92 Å². The van der Waals surface area contributed by atoms with E-state index in [-0.39, 0.29) is 10.6 Å². The SMILES string of the molecule is O=[N+]([O-])c1cc(Br)ccc1NC1C2CC3CC(C2)CC1C3. The number of halogens is 1. The van der Waals surface area contributed by atoms with E-state index in [4.69, 9.17) is 0 Å². The van der Waals surface area contributed by atoms with Crippen molar-refractivity contribution in [2.24, 2.45) is 23.7 Å². The van der Waals surface area contributed by atoms with Crippen LogP contribution in [0.5, 0.6) is 0 Å².